The van der Waals surface area contributed by atoms with E-state index in [1.165, 1.54) is 0 Å². The van der Waals surface area contributed by atoms with E-state index in [-0.39, 0.29) is 11.6 Å². The number of ether oxygens (including phenoxy) is 1. The van der Waals surface area contributed by atoms with Gasteiger partial charge in [0.2, 0.25) is 0 Å². The van der Waals surface area contributed by atoms with Crippen LogP contribution in [0.15, 0.2) is 34.7 Å². The second-order valence-corrected chi connectivity index (χ2v) is 4.83. The number of para-hydroxylation sites is 1. The van der Waals surface area contributed by atoms with E-state index >= 15 is 0 Å². The molecular formula is C16H19NO4. The largest absolute Gasteiger partial charge is 0.496 e. The average molecular weight is 289 g/mol. The van der Waals surface area contributed by atoms with Crippen molar-refractivity contribution in [3.63, 3.8) is 0 Å². The number of hydrogen-bond donors (Lipinski definition) is 2. The molecule has 112 valence electrons. The van der Waals surface area contributed by atoms with Gasteiger partial charge in [0.05, 0.1) is 13.7 Å². The number of aryl methyl sites for hydroxylation is 1. The summed E-state index contributed by atoms with van der Waals surface area (Å²) in [6.07, 6.45) is 0. The maximum atomic E-state index is 11.0. The number of hydrogen-bond acceptors (Lipinski definition) is 4. The normalized spacial score (nSPS) is 12.1. The van der Waals surface area contributed by atoms with Gasteiger partial charge in [-0.15, -0.1) is 0 Å². The first kappa shape index (κ1) is 15.1. The topological polar surface area (TPSA) is 71.7 Å². The van der Waals surface area contributed by atoms with E-state index in [2.05, 4.69) is 5.32 Å². The Labute approximate surface area is 123 Å². The van der Waals surface area contributed by atoms with Crippen molar-refractivity contribution in [1.82, 2.24) is 5.32 Å². The van der Waals surface area contributed by atoms with Gasteiger partial charge in [-0.25, -0.2) is 4.79 Å². The monoisotopic (exact) mass is 289 g/mol. The molecule has 1 heterocycles. The molecule has 21 heavy (non-hydrogen) atoms. The first-order chi connectivity index (χ1) is 10.0. The fourth-order valence-electron chi connectivity index (χ4n) is 2.23. The summed E-state index contributed by atoms with van der Waals surface area (Å²) in [5.74, 6) is 0.871. The van der Waals surface area contributed by atoms with Crippen LogP contribution in [0.5, 0.6) is 5.75 Å². The zero-order valence-electron chi connectivity index (χ0n) is 12.3. The van der Waals surface area contributed by atoms with Crippen LogP contribution >= 0.6 is 0 Å². The maximum absolute atomic E-state index is 11.0. The van der Waals surface area contributed by atoms with Gasteiger partial charge in [0.15, 0.2) is 0 Å². The molecule has 0 unspecified atom stereocenters. The molecule has 0 aliphatic heterocycles. The number of carbonyl (C=O) groups is 1. The van der Waals surface area contributed by atoms with Crippen LogP contribution in [-0.4, -0.2) is 18.2 Å². The van der Waals surface area contributed by atoms with E-state index in [0.29, 0.717) is 18.1 Å². The Morgan fingerprint density at radius 3 is 2.76 bits per heavy atom. The predicted octanol–water partition coefficient (Wildman–Crippen LogP) is 3.15. The number of rotatable bonds is 6. The molecule has 0 bridgehead atoms. The summed E-state index contributed by atoms with van der Waals surface area (Å²) in [4.78, 5) is 11.0. The van der Waals surface area contributed by atoms with Crippen LogP contribution in [0.25, 0.3) is 0 Å². The Bertz CT molecular complexity index is 633. The average Bonchev–Trinajstić information content (AvgIpc) is 2.86. The lowest BCUT2D eigenvalue weighted by molar-refractivity contribution is 0.0695. The van der Waals surface area contributed by atoms with Crippen LogP contribution in [0.1, 0.15) is 40.4 Å². The zero-order chi connectivity index (χ0) is 15.4. The van der Waals surface area contributed by atoms with Gasteiger partial charge < -0.3 is 19.6 Å². The van der Waals surface area contributed by atoms with E-state index < -0.39 is 5.97 Å². The molecule has 0 spiro atoms. The van der Waals surface area contributed by atoms with Crippen molar-refractivity contribution in [2.45, 2.75) is 26.4 Å². The second-order valence-electron chi connectivity index (χ2n) is 4.83. The number of furan rings is 1. The van der Waals surface area contributed by atoms with E-state index in [9.17, 15) is 4.79 Å². The minimum atomic E-state index is -0.972. The third-order valence-electron chi connectivity index (χ3n) is 3.39. The van der Waals surface area contributed by atoms with Crippen LogP contribution in [-0.2, 0) is 6.54 Å². The van der Waals surface area contributed by atoms with Gasteiger partial charge in [0.1, 0.15) is 22.8 Å². The summed E-state index contributed by atoms with van der Waals surface area (Å²) >= 11 is 0. The SMILES string of the molecule is COc1ccccc1[C@@H](C)NCc1cc(C(=O)O)c(C)o1. The molecule has 1 aromatic carbocycles. The molecule has 0 aliphatic carbocycles. The summed E-state index contributed by atoms with van der Waals surface area (Å²) in [6.45, 7) is 4.12. The summed E-state index contributed by atoms with van der Waals surface area (Å²) in [5.41, 5.74) is 1.25. The third-order valence-corrected chi connectivity index (χ3v) is 3.39. The number of aromatic carboxylic acids is 1. The van der Waals surface area contributed by atoms with E-state index in [1.54, 1.807) is 20.1 Å². The van der Waals surface area contributed by atoms with Gasteiger partial charge in [0, 0.05) is 11.6 Å². The smallest absolute Gasteiger partial charge is 0.339 e. The molecule has 0 saturated heterocycles. The Morgan fingerprint density at radius 1 is 1.43 bits per heavy atom. The van der Waals surface area contributed by atoms with Crippen LogP contribution in [0, 0.1) is 6.92 Å². The molecule has 2 aromatic rings. The molecule has 0 saturated carbocycles. The first-order valence-electron chi connectivity index (χ1n) is 6.71. The van der Waals surface area contributed by atoms with Gasteiger partial charge in [0.25, 0.3) is 0 Å². The summed E-state index contributed by atoms with van der Waals surface area (Å²) in [6, 6.07) is 9.39. The summed E-state index contributed by atoms with van der Waals surface area (Å²) < 4.78 is 10.8. The third kappa shape index (κ3) is 3.44. The van der Waals surface area contributed by atoms with E-state index in [4.69, 9.17) is 14.3 Å². The van der Waals surface area contributed by atoms with Crippen molar-refractivity contribution < 1.29 is 19.1 Å². The standard InChI is InChI=1S/C16H19NO4/c1-10(13-6-4-5-7-15(13)20-3)17-9-12-8-14(16(18)19)11(2)21-12/h4-8,10,17H,9H2,1-3H3,(H,18,19)/t10-/m1/s1. The quantitative estimate of drug-likeness (QED) is 0.854. The molecule has 0 fully saturated rings. The van der Waals surface area contributed by atoms with Crippen LogP contribution in [0.2, 0.25) is 0 Å². The van der Waals surface area contributed by atoms with Crippen LogP contribution in [0.4, 0.5) is 0 Å². The van der Waals surface area contributed by atoms with Gasteiger partial charge in [-0.1, -0.05) is 18.2 Å². The predicted molar refractivity (Wildman–Crippen MR) is 78.7 cm³/mol. The minimum Gasteiger partial charge on any atom is -0.496 e. The van der Waals surface area contributed by atoms with Gasteiger partial charge in [-0.3, -0.25) is 0 Å². The number of carboxylic acids is 1. The first-order valence-corrected chi connectivity index (χ1v) is 6.71. The Kier molecular flexibility index (Phi) is 4.65. The fourth-order valence-corrected chi connectivity index (χ4v) is 2.23. The highest BCUT2D eigenvalue weighted by atomic mass is 16.5. The van der Waals surface area contributed by atoms with Crippen molar-refractivity contribution in [3.05, 3.63) is 53.0 Å². The van der Waals surface area contributed by atoms with Crippen molar-refractivity contribution >= 4 is 5.97 Å². The molecule has 2 N–H and O–H groups in total. The second kappa shape index (κ2) is 6.45. The Hall–Kier alpha value is -2.27. The summed E-state index contributed by atoms with van der Waals surface area (Å²) in [7, 11) is 1.64. The lowest BCUT2D eigenvalue weighted by Gasteiger charge is -2.16. The molecule has 5 heteroatoms. The number of nitrogens with one attached hydrogen (secondary N) is 1. The van der Waals surface area contributed by atoms with Crippen molar-refractivity contribution in [2.24, 2.45) is 0 Å². The zero-order valence-corrected chi connectivity index (χ0v) is 12.3. The highest BCUT2D eigenvalue weighted by Crippen LogP contribution is 2.25. The van der Waals surface area contributed by atoms with Crippen LogP contribution in [0.3, 0.4) is 0 Å². The van der Waals surface area contributed by atoms with E-state index in [1.807, 2.05) is 31.2 Å². The number of carboxylic acid groups (broad SMARTS) is 1. The fraction of sp³-hybridized carbons (Fsp3) is 0.312. The summed E-state index contributed by atoms with van der Waals surface area (Å²) in [5, 5.41) is 12.3. The van der Waals surface area contributed by atoms with Gasteiger partial charge in [-0.2, -0.15) is 0 Å². The molecule has 1 atom stereocenters. The van der Waals surface area contributed by atoms with E-state index in [0.717, 1.165) is 11.3 Å². The Morgan fingerprint density at radius 2 is 2.14 bits per heavy atom. The maximum Gasteiger partial charge on any atom is 0.339 e. The Balaban J connectivity index is 2.05. The lowest BCUT2D eigenvalue weighted by Crippen LogP contribution is -2.18. The van der Waals surface area contributed by atoms with Crippen molar-refractivity contribution in [2.75, 3.05) is 7.11 Å². The van der Waals surface area contributed by atoms with Crippen LogP contribution < -0.4 is 10.1 Å². The lowest BCUT2D eigenvalue weighted by atomic mass is 10.1. The van der Waals surface area contributed by atoms with Gasteiger partial charge in [-0.05, 0) is 26.0 Å². The number of methoxy groups -OCH3 is 1. The highest BCUT2D eigenvalue weighted by molar-refractivity contribution is 5.88. The molecule has 2 rings (SSSR count). The van der Waals surface area contributed by atoms with Crippen molar-refractivity contribution in [3.8, 4) is 5.75 Å². The highest BCUT2D eigenvalue weighted by Gasteiger charge is 2.15. The molecule has 1 aromatic heterocycles. The molecule has 0 amide bonds. The van der Waals surface area contributed by atoms with Crippen molar-refractivity contribution in [1.29, 1.82) is 0 Å². The van der Waals surface area contributed by atoms with Gasteiger partial charge >= 0.3 is 5.97 Å². The molecule has 5 nitrogen and oxygen atoms in total. The number of benzene rings is 1. The molecular weight excluding hydrogens is 270 g/mol. The molecule has 0 aliphatic rings. The molecule has 0 radical (unpaired) electrons. The minimum absolute atomic E-state index is 0.0554.